The number of carbonyl (C=O) groups is 1. The minimum absolute atomic E-state index is 0.00460. The van der Waals surface area contributed by atoms with Gasteiger partial charge in [0.25, 0.3) is 0 Å². The highest BCUT2D eigenvalue weighted by molar-refractivity contribution is 5.88. The summed E-state index contributed by atoms with van der Waals surface area (Å²) in [6, 6.07) is 5.77. The maximum atomic E-state index is 13.5. The first-order valence-corrected chi connectivity index (χ1v) is 13.5. The minimum Gasteiger partial charge on any atom is -0.504 e. The van der Waals surface area contributed by atoms with E-state index in [0.29, 0.717) is 0 Å². The Hall–Kier alpha value is -4.24. The van der Waals surface area contributed by atoms with E-state index in [1.807, 2.05) is 0 Å². The molecule has 0 unspecified atom stereocenters. The van der Waals surface area contributed by atoms with Crippen molar-refractivity contribution < 1.29 is 84.0 Å². The molecule has 0 saturated carbocycles. The summed E-state index contributed by atoms with van der Waals surface area (Å²) in [6.07, 6.45) is -18.9. The lowest BCUT2D eigenvalue weighted by atomic mass is 9.99. The van der Waals surface area contributed by atoms with E-state index in [9.17, 15) is 60.7 Å². The summed E-state index contributed by atoms with van der Waals surface area (Å²) in [5, 5.41) is 101. The predicted molar refractivity (Wildman–Crippen MR) is 147 cm³/mol. The number of fused-ring (bicyclic) bond motifs is 1. The molecule has 3 heterocycles. The maximum Gasteiger partial charge on any atom is 0.335 e. The molecule has 2 fully saturated rings. The minimum atomic E-state index is -2.03. The smallest absolute Gasteiger partial charge is 0.335 e. The van der Waals surface area contributed by atoms with Crippen molar-refractivity contribution in [3.8, 4) is 40.1 Å². The van der Waals surface area contributed by atoms with Crippen LogP contribution in [0.1, 0.15) is 0 Å². The van der Waals surface area contributed by atoms with Crippen molar-refractivity contribution in [1.29, 1.82) is 0 Å². The van der Waals surface area contributed by atoms with Crippen LogP contribution < -0.4 is 19.6 Å². The van der Waals surface area contributed by atoms with Crippen LogP contribution in [0.15, 0.2) is 39.5 Å². The Morgan fingerprint density at radius 2 is 1.48 bits per heavy atom. The molecule has 3 aromatic rings. The number of carboxylic acid groups (broad SMARTS) is 1. The zero-order valence-electron chi connectivity index (χ0n) is 23.6. The van der Waals surface area contributed by atoms with Crippen LogP contribution in [-0.4, -0.2) is 132 Å². The first kappa shape index (κ1) is 33.1. The lowest BCUT2D eigenvalue weighted by Gasteiger charge is -2.39. The predicted octanol–water partition coefficient (Wildman–Crippen LogP) is -2.67. The van der Waals surface area contributed by atoms with Gasteiger partial charge in [0.2, 0.25) is 23.8 Å². The Morgan fingerprint density at radius 3 is 2.09 bits per heavy atom. The van der Waals surface area contributed by atoms with Gasteiger partial charge < -0.3 is 79.2 Å². The van der Waals surface area contributed by atoms with Crippen molar-refractivity contribution in [2.24, 2.45) is 0 Å². The number of aliphatic carboxylic acids is 1. The summed E-state index contributed by atoms with van der Waals surface area (Å²) in [5.74, 6) is -4.35. The van der Waals surface area contributed by atoms with Gasteiger partial charge in [0.1, 0.15) is 65.2 Å². The van der Waals surface area contributed by atoms with Gasteiger partial charge in [-0.15, -0.1) is 0 Å². The van der Waals surface area contributed by atoms with Crippen LogP contribution >= 0.6 is 0 Å². The third-order valence-corrected chi connectivity index (χ3v) is 7.51. The Bertz CT molecular complexity index is 1650. The monoisotopic (exact) mass is 654 g/mol. The second kappa shape index (κ2) is 12.9. The SMILES string of the molecule is COc1ccc(-c2oc3cc(O[C@@H]4O[C@@H](C(=O)O)[C@@H](O)[C@H](O)[C@@H]4O)cc(O[C@@H]4O[C@@H](CO)[C@@H](O)[C@H](O)[C@H]4O)c3c(=O)c2O)cc1O. The van der Waals surface area contributed by atoms with Gasteiger partial charge in [0.15, 0.2) is 23.4 Å². The Labute approximate surface area is 257 Å². The molecule has 0 aliphatic carbocycles. The number of benzene rings is 2. The molecular weight excluding hydrogens is 624 g/mol. The molecular formula is C28H30O18. The molecule has 2 aliphatic heterocycles. The number of carboxylic acids is 1. The number of aliphatic hydroxyl groups excluding tert-OH is 7. The average Bonchev–Trinajstić information content (AvgIpc) is 3.02. The largest absolute Gasteiger partial charge is 0.504 e. The first-order valence-electron chi connectivity index (χ1n) is 13.5. The van der Waals surface area contributed by atoms with E-state index in [2.05, 4.69) is 0 Å². The van der Waals surface area contributed by atoms with Crippen molar-refractivity contribution in [3.63, 3.8) is 0 Å². The highest BCUT2D eigenvalue weighted by Crippen LogP contribution is 2.40. The third-order valence-electron chi connectivity index (χ3n) is 7.51. The normalized spacial score (nSPS) is 31.4. The van der Waals surface area contributed by atoms with Gasteiger partial charge in [-0.2, -0.15) is 0 Å². The lowest BCUT2D eigenvalue weighted by molar-refractivity contribution is -0.277. The van der Waals surface area contributed by atoms with Crippen LogP contribution in [-0.2, 0) is 14.3 Å². The summed E-state index contributed by atoms with van der Waals surface area (Å²) in [4.78, 5) is 25.1. The van der Waals surface area contributed by atoms with Crippen LogP contribution in [0, 0.1) is 0 Å². The Morgan fingerprint density at radius 1 is 0.826 bits per heavy atom. The van der Waals surface area contributed by atoms with Crippen molar-refractivity contribution in [3.05, 3.63) is 40.6 Å². The van der Waals surface area contributed by atoms with Crippen LogP contribution in [0.4, 0.5) is 0 Å². The van der Waals surface area contributed by atoms with Crippen molar-refractivity contribution in [2.75, 3.05) is 13.7 Å². The van der Waals surface area contributed by atoms with Gasteiger partial charge in [0, 0.05) is 17.7 Å². The molecule has 1 aromatic heterocycles. The van der Waals surface area contributed by atoms with E-state index in [-0.39, 0.29) is 22.8 Å². The maximum absolute atomic E-state index is 13.5. The molecule has 250 valence electrons. The van der Waals surface area contributed by atoms with E-state index >= 15 is 0 Å². The fraction of sp³-hybridized carbons (Fsp3) is 0.429. The second-order valence-electron chi connectivity index (χ2n) is 10.5. The summed E-state index contributed by atoms with van der Waals surface area (Å²) < 4.78 is 32.5. The standard InChI is InChI=1S/C28H30O18/c1-41-11-3-2-8(4-10(11)30)24-20(35)17(32)15-12(43-24)5-9(42-27-23(38)19(34)21(36)25(46-27)26(39)40)6-13(15)44-28-22(37)18(33)16(31)14(7-29)45-28/h2-6,14,16,18-19,21-23,25,27-31,33-38H,7H2,1H3,(H,39,40)/t14-,16+,18-,19-,21-,22+,23-,25+,27+,28+/m0/s1. The number of aromatic hydroxyl groups is 2. The summed E-state index contributed by atoms with van der Waals surface area (Å²) >= 11 is 0. The topological polar surface area (TPSA) is 296 Å². The molecule has 18 nitrogen and oxygen atoms in total. The molecule has 0 bridgehead atoms. The van der Waals surface area contributed by atoms with Crippen molar-refractivity contribution in [1.82, 2.24) is 0 Å². The molecule has 18 heteroatoms. The van der Waals surface area contributed by atoms with E-state index in [0.717, 1.165) is 18.2 Å². The van der Waals surface area contributed by atoms with Gasteiger partial charge >= 0.3 is 5.97 Å². The van der Waals surface area contributed by atoms with Gasteiger partial charge in [-0.05, 0) is 18.2 Å². The van der Waals surface area contributed by atoms with Gasteiger partial charge in [-0.1, -0.05) is 0 Å². The van der Waals surface area contributed by atoms with E-state index < -0.39 is 108 Å². The van der Waals surface area contributed by atoms with Crippen molar-refractivity contribution in [2.45, 2.75) is 61.4 Å². The fourth-order valence-corrected chi connectivity index (χ4v) is 5.01. The number of rotatable bonds is 8. The number of aliphatic hydroxyl groups is 7. The zero-order chi connectivity index (χ0) is 33.6. The van der Waals surface area contributed by atoms with E-state index in [4.69, 9.17) is 28.1 Å². The summed E-state index contributed by atoms with van der Waals surface area (Å²) in [5.41, 5.74) is -1.51. The number of phenolic OH excluding ortho intramolecular Hbond substituents is 1. The number of phenols is 1. The van der Waals surface area contributed by atoms with E-state index in [1.165, 1.54) is 19.2 Å². The lowest BCUT2D eigenvalue weighted by Crippen LogP contribution is -2.61. The van der Waals surface area contributed by atoms with Crippen LogP contribution in [0.5, 0.6) is 28.7 Å². The average molecular weight is 655 g/mol. The van der Waals surface area contributed by atoms with Gasteiger partial charge in [-0.3, -0.25) is 4.79 Å². The van der Waals surface area contributed by atoms with E-state index in [1.54, 1.807) is 0 Å². The highest BCUT2D eigenvalue weighted by Gasteiger charge is 2.48. The van der Waals surface area contributed by atoms with Crippen LogP contribution in [0.3, 0.4) is 0 Å². The molecule has 2 aliphatic rings. The Kier molecular flexibility index (Phi) is 9.27. The number of hydrogen-bond acceptors (Lipinski definition) is 17. The zero-order valence-corrected chi connectivity index (χ0v) is 23.6. The number of ether oxygens (including phenoxy) is 5. The molecule has 2 saturated heterocycles. The molecule has 0 amide bonds. The van der Waals surface area contributed by atoms with Gasteiger partial charge in [0.05, 0.1) is 13.7 Å². The molecule has 0 spiro atoms. The van der Waals surface area contributed by atoms with Gasteiger partial charge in [-0.25, -0.2) is 4.79 Å². The molecule has 5 rings (SSSR count). The van der Waals surface area contributed by atoms with Crippen LogP contribution in [0.2, 0.25) is 0 Å². The van der Waals surface area contributed by atoms with Crippen LogP contribution in [0.25, 0.3) is 22.3 Å². The molecule has 10 atom stereocenters. The summed E-state index contributed by atoms with van der Waals surface area (Å²) in [7, 11) is 1.30. The molecule has 46 heavy (non-hydrogen) atoms. The molecule has 10 N–H and O–H groups in total. The quantitative estimate of drug-likeness (QED) is 0.118. The highest BCUT2D eigenvalue weighted by atomic mass is 16.7. The summed E-state index contributed by atoms with van der Waals surface area (Å²) in [6.45, 7) is -0.814. The molecule has 0 radical (unpaired) electrons. The third kappa shape index (κ3) is 5.88. The number of hydrogen-bond donors (Lipinski definition) is 10. The van der Waals surface area contributed by atoms with Crippen molar-refractivity contribution >= 4 is 16.9 Å². The second-order valence-corrected chi connectivity index (χ2v) is 10.5. The number of methoxy groups -OCH3 is 1. The fourth-order valence-electron chi connectivity index (χ4n) is 5.01. The first-order chi connectivity index (χ1) is 21.8. The molecule has 2 aromatic carbocycles. The Balaban J connectivity index is 1.63.